The summed E-state index contributed by atoms with van der Waals surface area (Å²) in [4.78, 5) is 94.0. The number of fused-ring (bicyclic) bond motifs is 3. The summed E-state index contributed by atoms with van der Waals surface area (Å²) in [5.74, 6) is -0.713. The summed E-state index contributed by atoms with van der Waals surface area (Å²) < 4.78 is 56.5. The predicted octanol–water partition coefficient (Wildman–Crippen LogP) is 15.2. The van der Waals surface area contributed by atoms with Gasteiger partial charge in [0.1, 0.15) is 46.0 Å². The number of carbonyl (C=O) groups is 7. The highest BCUT2D eigenvalue weighted by molar-refractivity contribution is 7.99. The molecular formula is C74H83NO17S. The van der Waals surface area contributed by atoms with Crippen LogP contribution in [0, 0.1) is 11.8 Å². The van der Waals surface area contributed by atoms with Crippen LogP contribution in [0.2, 0.25) is 0 Å². The van der Waals surface area contributed by atoms with Gasteiger partial charge in [0.05, 0.1) is 68.1 Å². The molecule has 2 fully saturated rings. The Morgan fingerprint density at radius 3 is 1.15 bits per heavy atom. The maximum atomic E-state index is 14.0. The van der Waals surface area contributed by atoms with Gasteiger partial charge in [-0.1, -0.05) is 43.6 Å². The third-order valence-corrected chi connectivity index (χ3v) is 17.1. The van der Waals surface area contributed by atoms with E-state index in [4.69, 9.17) is 52.4 Å². The maximum absolute atomic E-state index is 14.0. The Kier molecular flexibility index (Phi) is 28.2. The molecule has 0 bridgehead atoms. The quantitative estimate of drug-likeness (QED) is 0.00882. The fraction of sp³-hybridized carbons (Fsp3) is 0.405. The molecule has 0 amide bonds. The Morgan fingerprint density at radius 1 is 0.398 bits per heavy atom. The molecular weight excluding hydrogens is 1210 g/mol. The number of unbranched alkanes of at least 4 members (excludes halogenated alkanes) is 9. The molecule has 18 nitrogen and oxygen atoms in total. The summed E-state index contributed by atoms with van der Waals surface area (Å²) >= 11 is 1.41. The van der Waals surface area contributed by atoms with Gasteiger partial charge in [0, 0.05) is 33.9 Å². The van der Waals surface area contributed by atoms with Gasteiger partial charge in [-0.25, -0.2) is 29.0 Å². The minimum absolute atomic E-state index is 0.325. The van der Waals surface area contributed by atoms with E-state index in [1.807, 2.05) is 36.4 Å². The van der Waals surface area contributed by atoms with Crippen molar-refractivity contribution in [3.05, 3.63) is 158 Å². The SMILES string of the molecule is C=CC(=O)OCCCCCCOc1ccc(OC(=O)C2CCC(OC(=O)c3ccc4c(c3)nc(Sc3ccc(OCCCCCCOC(=O)C=C)cc3)c3cc(C(=O)OC5CCC(C(=O)Oc6ccc(OCCCCCCOC(=O)C=C)cc6)CC5)ccc34)CC2)cc1. The topological polar surface area (TPSA) is 225 Å². The number of aromatic nitrogens is 1. The Bertz CT molecular complexity index is 3480. The molecule has 2 aliphatic carbocycles. The van der Waals surface area contributed by atoms with E-state index in [-0.39, 0.29) is 23.8 Å². The molecule has 0 saturated heterocycles. The van der Waals surface area contributed by atoms with E-state index in [0.717, 1.165) is 111 Å². The summed E-state index contributed by atoms with van der Waals surface area (Å²) in [6.07, 6.45) is 17.0. The van der Waals surface area contributed by atoms with Gasteiger partial charge in [0.25, 0.3) is 0 Å². The summed E-state index contributed by atoms with van der Waals surface area (Å²) in [5, 5.41) is 2.89. The zero-order chi connectivity index (χ0) is 65.6. The van der Waals surface area contributed by atoms with Crippen LogP contribution in [0.4, 0.5) is 0 Å². The van der Waals surface area contributed by atoms with Gasteiger partial charge in [-0.3, -0.25) is 9.59 Å². The number of nitrogens with zero attached hydrogens (tertiary/aromatic N) is 1. The molecule has 0 aliphatic heterocycles. The second-order valence-electron chi connectivity index (χ2n) is 22.9. The van der Waals surface area contributed by atoms with Crippen molar-refractivity contribution in [2.75, 3.05) is 39.6 Å². The molecule has 5 aromatic carbocycles. The summed E-state index contributed by atoms with van der Waals surface area (Å²) in [5.41, 5.74) is 1.22. The lowest BCUT2D eigenvalue weighted by molar-refractivity contribution is -0.141. The number of benzene rings is 5. The van der Waals surface area contributed by atoms with Crippen molar-refractivity contribution >= 4 is 75.2 Å². The van der Waals surface area contributed by atoms with Gasteiger partial charge in [-0.2, -0.15) is 0 Å². The number of hydrogen-bond acceptors (Lipinski definition) is 19. The first-order valence-electron chi connectivity index (χ1n) is 32.3. The summed E-state index contributed by atoms with van der Waals surface area (Å²) in [7, 11) is 0. The molecule has 93 heavy (non-hydrogen) atoms. The van der Waals surface area contributed by atoms with Crippen LogP contribution in [-0.2, 0) is 47.7 Å². The van der Waals surface area contributed by atoms with E-state index in [1.165, 1.54) is 11.8 Å². The van der Waals surface area contributed by atoms with Crippen LogP contribution in [0.25, 0.3) is 21.7 Å². The van der Waals surface area contributed by atoms with E-state index in [0.29, 0.717) is 147 Å². The standard InChI is InChI=1S/C74H83NO17S/c1-4-67(76)86-46-16-10-7-13-43-83-55-29-33-60(34-30-55)89-71(79)51-19-25-58(26-20-51)91-73(81)53-23-41-63-64-42-24-54(50-66(64)75-70(65(63)49-53)93-62-39-37-57(38-40-62)85-45-15-9-12-18-48-88-69(78)6-3)74(82)92-59-27-21-52(22-28-59)72(80)90-61-35-31-56(32-36-61)84-44-14-8-11-17-47-87-68(77)5-2/h4-6,23-24,29-42,49-52,58-59H,1-3,7-22,25-28,43-48H2. The molecule has 0 spiro atoms. The number of hydrogen-bond donors (Lipinski definition) is 0. The first-order chi connectivity index (χ1) is 45.3. The first-order valence-corrected chi connectivity index (χ1v) is 33.1. The van der Waals surface area contributed by atoms with E-state index < -0.39 is 42.1 Å². The highest BCUT2D eigenvalue weighted by Gasteiger charge is 2.32. The van der Waals surface area contributed by atoms with Crippen LogP contribution in [0.1, 0.15) is 149 Å². The zero-order valence-corrected chi connectivity index (χ0v) is 53.6. The van der Waals surface area contributed by atoms with Crippen LogP contribution < -0.4 is 23.7 Å². The molecule has 2 saturated carbocycles. The van der Waals surface area contributed by atoms with Gasteiger partial charge in [-0.05, 0) is 231 Å². The molecule has 492 valence electrons. The Balaban J connectivity index is 0.840. The van der Waals surface area contributed by atoms with E-state index in [9.17, 15) is 33.6 Å². The van der Waals surface area contributed by atoms with E-state index >= 15 is 0 Å². The highest BCUT2D eigenvalue weighted by atomic mass is 32.2. The third kappa shape index (κ3) is 23.0. The first kappa shape index (κ1) is 69.9. The minimum atomic E-state index is -0.499. The van der Waals surface area contributed by atoms with Gasteiger partial charge in [0.2, 0.25) is 0 Å². The lowest BCUT2D eigenvalue weighted by Gasteiger charge is -2.27. The van der Waals surface area contributed by atoms with Crippen LogP contribution in [-0.4, -0.2) is 98.6 Å². The second-order valence-corrected chi connectivity index (χ2v) is 24.0. The van der Waals surface area contributed by atoms with Crippen LogP contribution in [0.5, 0.6) is 28.7 Å². The van der Waals surface area contributed by atoms with Crippen molar-refractivity contribution in [1.82, 2.24) is 4.98 Å². The zero-order valence-electron chi connectivity index (χ0n) is 52.7. The molecule has 1 heterocycles. The fourth-order valence-electron chi connectivity index (χ4n) is 10.8. The van der Waals surface area contributed by atoms with Crippen molar-refractivity contribution in [2.24, 2.45) is 11.8 Å². The molecule has 2 aliphatic rings. The molecule has 0 atom stereocenters. The smallest absolute Gasteiger partial charge is 0.338 e. The summed E-state index contributed by atoms with van der Waals surface area (Å²) in [6.45, 7) is 12.9. The van der Waals surface area contributed by atoms with Crippen molar-refractivity contribution in [3.8, 4) is 28.7 Å². The number of esters is 7. The van der Waals surface area contributed by atoms with E-state index in [1.54, 1.807) is 72.8 Å². The second kappa shape index (κ2) is 37.5. The van der Waals surface area contributed by atoms with Crippen LogP contribution in [0.15, 0.2) is 157 Å². The lowest BCUT2D eigenvalue weighted by atomic mass is 9.87. The van der Waals surface area contributed by atoms with Crippen molar-refractivity contribution < 1.29 is 80.9 Å². The van der Waals surface area contributed by atoms with Gasteiger partial charge in [0.15, 0.2) is 0 Å². The van der Waals surface area contributed by atoms with Crippen molar-refractivity contribution in [2.45, 2.75) is 151 Å². The molecule has 0 radical (unpaired) electrons. The van der Waals surface area contributed by atoms with Crippen LogP contribution >= 0.6 is 11.8 Å². The highest BCUT2D eigenvalue weighted by Crippen LogP contribution is 2.39. The number of carbonyl (C=O) groups excluding carboxylic acids is 7. The maximum Gasteiger partial charge on any atom is 0.338 e. The third-order valence-electron chi connectivity index (χ3n) is 16.1. The summed E-state index contributed by atoms with van der Waals surface area (Å²) in [6, 6.07) is 32.3. The largest absolute Gasteiger partial charge is 0.494 e. The Morgan fingerprint density at radius 2 is 0.753 bits per heavy atom. The number of pyridine rings is 1. The fourth-order valence-corrected chi connectivity index (χ4v) is 11.8. The molecule has 0 unspecified atom stereocenters. The van der Waals surface area contributed by atoms with Crippen molar-refractivity contribution in [3.63, 3.8) is 0 Å². The Hall–Kier alpha value is -8.97. The Labute approximate surface area is 547 Å². The lowest BCUT2D eigenvalue weighted by Crippen LogP contribution is -2.30. The number of rotatable bonds is 37. The van der Waals surface area contributed by atoms with E-state index in [2.05, 4.69) is 19.7 Å². The van der Waals surface area contributed by atoms with Gasteiger partial charge < -0.3 is 47.4 Å². The number of ether oxygens (including phenoxy) is 10. The molecule has 0 N–H and O–H groups in total. The molecule has 6 aromatic rings. The van der Waals surface area contributed by atoms with Crippen molar-refractivity contribution in [1.29, 1.82) is 0 Å². The minimum Gasteiger partial charge on any atom is -0.494 e. The van der Waals surface area contributed by atoms with Crippen LogP contribution in [0.3, 0.4) is 0 Å². The molecule has 19 heteroatoms. The average molecular weight is 1290 g/mol. The monoisotopic (exact) mass is 1290 g/mol. The average Bonchev–Trinajstić information content (AvgIpc) is 0.797. The predicted molar refractivity (Wildman–Crippen MR) is 352 cm³/mol. The molecule has 8 rings (SSSR count). The van der Waals surface area contributed by atoms with Gasteiger partial charge in [-0.15, -0.1) is 0 Å². The molecule has 1 aromatic heterocycles. The normalized spacial score (nSPS) is 16.0. The van der Waals surface area contributed by atoms with Gasteiger partial charge >= 0.3 is 41.8 Å².